The molecule has 4 rings (SSSR count). The topological polar surface area (TPSA) is 52.6 Å². The fourth-order valence-electron chi connectivity index (χ4n) is 3.06. The maximum atomic E-state index is 12.3. The van der Waals surface area contributed by atoms with E-state index in [9.17, 15) is 9.59 Å². The van der Waals surface area contributed by atoms with Crippen LogP contribution in [0.5, 0.6) is 11.5 Å². The molecule has 0 atom stereocenters. The Morgan fingerprint density at radius 2 is 0.833 bits per heavy atom. The second-order valence-electron chi connectivity index (χ2n) is 7.40. The van der Waals surface area contributed by atoms with Crippen molar-refractivity contribution in [3.05, 3.63) is 144 Å². The van der Waals surface area contributed by atoms with Crippen LogP contribution in [0.3, 0.4) is 0 Å². The first kappa shape index (κ1) is 23.8. The van der Waals surface area contributed by atoms with Gasteiger partial charge in [0.15, 0.2) is 0 Å². The largest absolute Gasteiger partial charge is 0.422 e. The van der Waals surface area contributed by atoms with Gasteiger partial charge >= 0.3 is 11.9 Å². The molecule has 0 amide bonds. The lowest BCUT2D eigenvalue weighted by atomic mass is 10.1. The first-order valence-electron chi connectivity index (χ1n) is 11.1. The van der Waals surface area contributed by atoms with Crippen molar-refractivity contribution in [2.45, 2.75) is 0 Å². The third-order valence-corrected chi connectivity index (χ3v) is 4.78. The fraction of sp³-hybridized carbons (Fsp3) is 0. The molecule has 0 aromatic heterocycles. The molecule has 0 unspecified atom stereocenters. The van der Waals surface area contributed by atoms with Crippen LogP contribution in [0.25, 0.3) is 0 Å². The quantitative estimate of drug-likeness (QED) is 0.170. The van der Waals surface area contributed by atoms with Crippen LogP contribution in [0.15, 0.2) is 121 Å². The summed E-state index contributed by atoms with van der Waals surface area (Å²) in [6.45, 7) is 0. The van der Waals surface area contributed by atoms with Gasteiger partial charge in [-0.15, -0.1) is 0 Å². The zero-order chi connectivity index (χ0) is 25.0. The highest BCUT2D eigenvalue weighted by Gasteiger charge is 2.08. The molecule has 0 saturated heterocycles. The van der Waals surface area contributed by atoms with Gasteiger partial charge in [0.25, 0.3) is 0 Å². The van der Waals surface area contributed by atoms with Crippen molar-refractivity contribution in [1.29, 1.82) is 0 Å². The van der Waals surface area contributed by atoms with Gasteiger partial charge < -0.3 is 9.47 Å². The van der Waals surface area contributed by atoms with Gasteiger partial charge in [-0.05, 0) is 48.5 Å². The predicted octanol–water partition coefficient (Wildman–Crippen LogP) is 5.55. The maximum absolute atomic E-state index is 12.3. The number of benzene rings is 4. The monoisotopic (exact) mass is 468 g/mol. The number of esters is 2. The van der Waals surface area contributed by atoms with Gasteiger partial charge in [-0.3, -0.25) is 0 Å². The number of hydrogen-bond acceptors (Lipinski definition) is 4. The van der Waals surface area contributed by atoms with Crippen molar-refractivity contribution in [2.75, 3.05) is 0 Å². The molecule has 4 aromatic carbocycles. The van der Waals surface area contributed by atoms with E-state index in [1.807, 2.05) is 60.7 Å². The molecule has 0 radical (unpaired) electrons. The summed E-state index contributed by atoms with van der Waals surface area (Å²) in [6.07, 6.45) is 2.03. The average molecular weight is 469 g/mol. The Morgan fingerprint density at radius 1 is 0.472 bits per heavy atom. The molecule has 36 heavy (non-hydrogen) atoms. The Morgan fingerprint density at radius 3 is 1.25 bits per heavy atom. The smallest absolute Gasteiger partial charge is 0.336 e. The lowest BCUT2D eigenvalue weighted by Crippen LogP contribution is -2.09. The van der Waals surface area contributed by atoms with E-state index >= 15 is 0 Å². The van der Waals surface area contributed by atoms with E-state index in [0.29, 0.717) is 22.6 Å². The minimum absolute atomic E-state index is 0.297. The van der Waals surface area contributed by atoms with Crippen molar-refractivity contribution < 1.29 is 19.1 Å². The summed E-state index contributed by atoms with van der Waals surface area (Å²) < 4.78 is 10.8. The van der Waals surface area contributed by atoms with Gasteiger partial charge in [-0.1, -0.05) is 84.3 Å². The van der Waals surface area contributed by atoms with E-state index in [4.69, 9.17) is 9.47 Å². The number of ether oxygens (including phenoxy) is 2. The zero-order valence-corrected chi connectivity index (χ0v) is 19.2. The normalized spacial score (nSPS) is 9.89. The maximum Gasteiger partial charge on any atom is 0.336 e. The van der Waals surface area contributed by atoms with Crippen molar-refractivity contribution in [1.82, 2.24) is 0 Å². The van der Waals surface area contributed by atoms with Crippen LogP contribution in [0, 0.1) is 23.7 Å². The highest BCUT2D eigenvalue weighted by molar-refractivity contribution is 5.93. The number of para-hydroxylation sites is 2. The van der Waals surface area contributed by atoms with E-state index in [0.717, 1.165) is 23.3 Å². The van der Waals surface area contributed by atoms with Crippen LogP contribution in [-0.2, 0) is 9.59 Å². The molecular formula is C32H20O4. The molecular weight excluding hydrogens is 448 g/mol. The molecule has 0 aliphatic carbocycles. The van der Waals surface area contributed by atoms with Crippen LogP contribution in [-0.4, -0.2) is 11.9 Å². The molecule has 0 heterocycles. The molecule has 0 bridgehead atoms. The van der Waals surface area contributed by atoms with Gasteiger partial charge in [0.05, 0.1) is 11.1 Å². The van der Waals surface area contributed by atoms with Crippen LogP contribution >= 0.6 is 0 Å². The summed E-state index contributed by atoms with van der Waals surface area (Å²) in [4.78, 5) is 24.7. The van der Waals surface area contributed by atoms with Crippen molar-refractivity contribution in [3.63, 3.8) is 0 Å². The Labute approximate surface area is 209 Å². The zero-order valence-electron chi connectivity index (χ0n) is 19.2. The van der Waals surface area contributed by atoms with E-state index < -0.39 is 11.9 Å². The lowest BCUT2D eigenvalue weighted by Gasteiger charge is -2.05. The summed E-state index contributed by atoms with van der Waals surface area (Å²) in [5.41, 5.74) is 2.79. The SMILES string of the molecule is O=C(/C=C\C(=O)Oc1ccccc1C#Cc1ccccc1)Oc1ccccc1C#Cc1ccccc1. The van der Waals surface area contributed by atoms with Crippen molar-refractivity contribution >= 4 is 11.9 Å². The van der Waals surface area contributed by atoms with Gasteiger partial charge in [0.2, 0.25) is 0 Å². The average Bonchev–Trinajstić information content (AvgIpc) is 2.92. The minimum atomic E-state index is -0.724. The molecule has 0 spiro atoms. The summed E-state index contributed by atoms with van der Waals surface area (Å²) in [6, 6.07) is 32.8. The van der Waals surface area contributed by atoms with Gasteiger partial charge in [-0.2, -0.15) is 0 Å². The third kappa shape index (κ3) is 7.09. The Bertz CT molecular complexity index is 1400. The van der Waals surface area contributed by atoms with Gasteiger partial charge in [-0.25, -0.2) is 9.59 Å². The van der Waals surface area contributed by atoms with E-state index in [1.54, 1.807) is 48.5 Å². The first-order valence-corrected chi connectivity index (χ1v) is 11.1. The first-order chi connectivity index (χ1) is 17.7. The van der Waals surface area contributed by atoms with Crippen LogP contribution < -0.4 is 9.47 Å². The Balaban J connectivity index is 1.40. The molecule has 4 aromatic rings. The summed E-state index contributed by atoms with van der Waals surface area (Å²) >= 11 is 0. The highest BCUT2D eigenvalue weighted by atomic mass is 16.5. The van der Waals surface area contributed by atoms with Crippen LogP contribution in [0.2, 0.25) is 0 Å². The Hall–Kier alpha value is -5.32. The number of hydrogen-bond donors (Lipinski definition) is 0. The molecule has 172 valence electrons. The fourth-order valence-corrected chi connectivity index (χ4v) is 3.06. The summed E-state index contributed by atoms with van der Waals surface area (Å²) in [7, 11) is 0. The lowest BCUT2D eigenvalue weighted by molar-refractivity contribution is -0.131. The number of rotatable bonds is 4. The minimum Gasteiger partial charge on any atom is -0.422 e. The second kappa shape index (κ2) is 12.2. The number of carbonyl (C=O) groups excluding carboxylic acids is 2. The molecule has 0 aliphatic heterocycles. The van der Waals surface area contributed by atoms with Crippen LogP contribution in [0.4, 0.5) is 0 Å². The summed E-state index contributed by atoms with van der Waals surface area (Å²) in [5, 5.41) is 0. The van der Waals surface area contributed by atoms with Crippen molar-refractivity contribution in [3.8, 4) is 35.2 Å². The molecule has 0 N–H and O–H groups in total. The number of carbonyl (C=O) groups is 2. The molecule has 0 fully saturated rings. The van der Waals surface area contributed by atoms with E-state index in [1.165, 1.54) is 0 Å². The van der Waals surface area contributed by atoms with Crippen molar-refractivity contribution in [2.24, 2.45) is 0 Å². The second-order valence-corrected chi connectivity index (χ2v) is 7.40. The molecule has 4 nitrogen and oxygen atoms in total. The van der Waals surface area contributed by atoms with Gasteiger partial charge in [0.1, 0.15) is 11.5 Å². The molecule has 0 aliphatic rings. The molecule has 0 saturated carbocycles. The van der Waals surface area contributed by atoms with Crippen LogP contribution in [0.1, 0.15) is 22.3 Å². The summed E-state index contributed by atoms with van der Waals surface area (Å²) in [5.74, 6) is 11.2. The van der Waals surface area contributed by atoms with E-state index in [2.05, 4.69) is 23.7 Å². The Kier molecular flexibility index (Phi) is 8.09. The third-order valence-electron chi connectivity index (χ3n) is 4.78. The van der Waals surface area contributed by atoms with E-state index in [-0.39, 0.29) is 0 Å². The highest BCUT2D eigenvalue weighted by Crippen LogP contribution is 2.19. The predicted molar refractivity (Wildman–Crippen MR) is 138 cm³/mol. The molecule has 4 heteroatoms. The standard InChI is InChI=1S/C32H20O4/c33-31(35-29-17-9-7-15-27(29)21-19-25-11-3-1-4-12-25)23-24-32(34)36-30-18-10-8-16-28(30)22-20-26-13-5-2-6-14-26/h1-18,23-24H/b24-23-. The van der Waals surface area contributed by atoms with Gasteiger partial charge in [0, 0.05) is 23.3 Å².